The fourth-order valence-electron chi connectivity index (χ4n) is 2.51. The van der Waals surface area contributed by atoms with Crippen LogP contribution in [0.4, 0.5) is 15.8 Å². The first-order chi connectivity index (χ1) is 10.2. The normalized spacial score (nSPS) is 21.0. The summed E-state index contributed by atoms with van der Waals surface area (Å²) >= 11 is 0. The highest BCUT2D eigenvalue weighted by atomic mass is 19.1. The minimum atomic E-state index is -1.000. The highest BCUT2D eigenvalue weighted by Crippen LogP contribution is 2.34. The van der Waals surface area contributed by atoms with E-state index in [-0.39, 0.29) is 24.4 Å². The molecule has 1 saturated heterocycles. The smallest absolute Gasteiger partial charge is 0.340 e. The number of carbonyl (C=O) groups is 1. The second kappa shape index (κ2) is 5.88. The van der Waals surface area contributed by atoms with Gasteiger partial charge in [-0.3, -0.25) is 10.1 Å². The number of anilines is 1. The number of aliphatic hydroxyl groups is 1. The molecule has 1 aromatic carbocycles. The van der Waals surface area contributed by atoms with Gasteiger partial charge in [0.15, 0.2) is 5.82 Å². The maximum atomic E-state index is 14.3. The van der Waals surface area contributed by atoms with Crippen molar-refractivity contribution < 1.29 is 24.0 Å². The molecule has 7 nitrogen and oxygen atoms in total. The number of halogens is 1. The van der Waals surface area contributed by atoms with Gasteiger partial charge in [-0.25, -0.2) is 9.18 Å². The lowest BCUT2D eigenvalue weighted by atomic mass is 10.1. The summed E-state index contributed by atoms with van der Waals surface area (Å²) in [7, 11) is 0. The van der Waals surface area contributed by atoms with Crippen molar-refractivity contribution in [3.63, 3.8) is 0 Å². The lowest BCUT2D eigenvalue weighted by molar-refractivity contribution is -0.385. The molecule has 8 heteroatoms. The summed E-state index contributed by atoms with van der Waals surface area (Å²) in [6.07, 6.45) is 0.408. The first-order valence-corrected chi connectivity index (χ1v) is 6.87. The number of benzene rings is 1. The third kappa shape index (κ3) is 3.16. The zero-order valence-corrected chi connectivity index (χ0v) is 12.3. The first kappa shape index (κ1) is 16.2. The fraction of sp³-hybridized carbons (Fsp3) is 0.500. The molecule has 120 valence electrons. The summed E-state index contributed by atoms with van der Waals surface area (Å²) in [6, 6.07) is 1.77. The third-order valence-electron chi connectivity index (χ3n) is 3.52. The van der Waals surface area contributed by atoms with Gasteiger partial charge in [-0.05, 0) is 20.3 Å². The molecule has 1 fully saturated rings. The number of rotatable bonds is 4. The van der Waals surface area contributed by atoms with Gasteiger partial charge >= 0.3 is 5.97 Å². The zero-order valence-electron chi connectivity index (χ0n) is 12.3. The topological polar surface area (TPSA) is 92.9 Å². The molecule has 1 heterocycles. The van der Waals surface area contributed by atoms with Gasteiger partial charge in [-0.2, -0.15) is 0 Å². The molecule has 1 aliphatic heterocycles. The molecular weight excluding hydrogens is 295 g/mol. The Morgan fingerprint density at radius 1 is 1.59 bits per heavy atom. The van der Waals surface area contributed by atoms with Crippen LogP contribution in [0, 0.1) is 15.9 Å². The van der Waals surface area contributed by atoms with Crippen molar-refractivity contribution in [2.75, 3.05) is 24.6 Å². The molecule has 1 atom stereocenters. The number of esters is 1. The molecule has 1 aliphatic rings. The van der Waals surface area contributed by atoms with E-state index in [1.807, 2.05) is 0 Å². The van der Waals surface area contributed by atoms with Crippen molar-refractivity contribution in [2.24, 2.45) is 0 Å². The first-order valence-electron chi connectivity index (χ1n) is 6.87. The van der Waals surface area contributed by atoms with E-state index in [1.54, 1.807) is 13.8 Å². The maximum absolute atomic E-state index is 14.3. The summed E-state index contributed by atoms with van der Waals surface area (Å²) in [6.45, 7) is 3.74. The summed E-state index contributed by atoms with van der Waals surface area (Å²) in [4.78, 5) is 23.6. The van der Waals surface area contributed by atoms with E-state index in [1.165, 1.54) is 4.90 Å². The molecule has 2 rings (SSSR count). The van der Waals surface area contributed by atoms with Gasteiger partial charge < -0.3 is 14.7 Å². The Balaban J connectivity index is 2.51. The number of carbonyl (C=O) groups excluding carboxylic acids is 1. The van der Waals surface area contributed by atoms with Crippen molar-refractivity contribution in [1.82, 2.24) is 0 Å². The van der Waals surface area contributed by atoms with Crippen LogP contribution in [0.25, 0.3) is 0 Å². The fourth-order valence-corrected chi connectivity index (χ4v) is 2.51. The van der Waals surface area contributed by atoms with Crippen LogP contribution in [-0.2, 0) is 4.74 Å². The Kier molecular flexibility index (Phi) is 4.32. The second-order valence-electron chi connectivity index (χ2n) is 5.47. The zero-order chi connectivity index (χ0) is 16.5. The van der Waals surface area contributed by atoms with Crippen LogP contribution >= 0.6 is 0 Å². The third-order valence-corrected chi connectivity index (χ3v) is 3.52. The van der Waals surface area contributed by atoms with Crippen LogP contribution in [0.5, 0.6) is 0 Å². The Hall–Kier alpha value is -2.22. The number of nitro groups is 1. The van der Waals surface area contributed by atoms with E-state index in [0.717, 1.165) is 12.1 Å². The monoisotopic (exact) mass is 312 g/mol. The molecule has 0 aromatic heterocycles. The number of nitrogens with zero attached hydrogens (tertiary/aromatic N) is 2. The predicted octanol–water partition coefficient (Wildman–Crippen LogP) is 1.87. The molecule has 0 amide bonds. The van der Waals surface area contributed by atoms with E-state index in [0.29, 0.717) is 13.0 Å². The molecule has 0 spiro atoms. The SMILES string of the molecule is CCOC(=O)c1cc([N+](=O)[O-])cc(F)c1N1CCC(C)(O)C1. The predicted molar refractivity (Wildman–Crippen MR) is 76.5 cm³/mol. The maximum Gasteiger partial charge on any atom is 0.340 e. The van der Waals surface area contributed by atoms with Crippen LogP contribution in [0.1, 0.15) is 30.6 Å². The molecule has 0 aliphatic carbocycles. The number of β-amino-alcohol motifs (C(OH)–C–C–N with tert-alkyl or cyclic N) is 1. The Bertz CT molecular complexity index is 617. The molecular formula is C14H17FN2O5. The molecule has 1 unspecified atom stereocenters. The van der Waals surface area contributed by atoms with Crippen molar-refractivity contribution in [3.8, 4) is 0 Å². The van der Waals surface area contributed by atoms with Crippen LogP contribution in [-0.4, -0.2) is 41.3 Å². The number of non-ortho nitro benzene ring substituents is 1. The summed E-state index contributed by atoms with van der Waals surface area (Å²) in [5.41, 5.74) is -1.79. The van der Waals surface area contributed by atoms with Gasteiger partial charge in [-0.1, -0.05) is 0 Å². The standard InChI is InChI=1S/C14H17FN2O5/c1-3-22-13(18)10-6-9(17(20)21)7-11(15)12(10)16-5-4-14(2,19)8-16/h6-7,19H,3-5,8H2,1-2H3. The van der Waals surface area contributed by atoms with Gasteiger partial charge in [0.05, 0.1) is 34.4 Å². The van der Waals surface area contributed by atoms with E-state index in [2.05, 4.69) is 0 Å². The highest BCUT2D eigenvalue weighted by molar-refractivity contribution is 5.97. The molecule has 0 radical (unpaired) electrons. The molecule has 1 N–H and O–H groups in total. The van der Waals surface area contributed by atoms with E-state index in [4.69, 9.17) is 4.74 Å². The van der Waals surface area contributed by atoms with Crippen molar-refractivity contribution in [1.29, 1.82) is 0 Å². The Labute approximate surface area is 126 Å². The molecule has 0 saturated carbocycles. The number of hydrogen-bond donors (Lipinski definition) is 1. The molecule has 1 aromatic rings. The van der Waals surface area contributed by atoms with Crippen LogP contribution < -0.4 is 4.90 Å². The lowest BCUT2D eigenvalue weighted by Crippen LogP contribution is -2.31. The average Bonchev–Trinajstić information content (AvgIpc) is 2.77. The minimum absolute atomic E-state index is 0.0678. The number of nitro benzene ring substituents is 1. The van der Waals surface area contributed by atoms with Crippen molar-refractivity contribution in [2.45, 2.75) is 25.9 Å². The second-order valence-corrected chi connectivity index (χ2v) is 5.47. The molecule has 0 bridgehead atoms. The quantitative estimate of drug-likeness (QED) is 0.518. The van der Waals surface area contributed by atoms with Crippen LogP contribution in [0.15, 0.2) is 12.1 Å². The minimum Gasteiger partial charge on any atom is -0.462 e. The van der Waals surface area contributed by atoms with Crippen molar-refractivity contribution in [3.05, 3.63) is 33.6 Å². The summed E-state index contributed by atoms with van der Waals surface area (Å²) < 4.78 is 19.2. The Morgan fingerprint density at radius 3 is 2.77 bits per heavy atom. The number of hydrogen-bond acceptors (Lipinski definition) is 6. The lowest BCUT2D eigenvalue weighted by Gasteiger charge is -2.23. The van der Waals surface area contributed by atoms with Crippen LogP contribution in [0.2, 0.25) is 0 Å². The highest BCUT2D eigenvalue weighted by Gasteiger charge is 2.35. The Morgan fingerprint density at radius 2 is 2.27 bits per heavy atom. The van der Waals surface area contributed by atoms with Gasteiger partial charge in [0.2, 0.25) is 0 Å². The largest absolute Gasteiger partial charge is 0.462 e. The van der Waals surface area contributed by atoms with Gasteiger partial charge in [0.25, 0.3) is 5.69 Å². The van der Waals surface area contributed by atoms with Crippen molar-refractivity contribution >= 4 is 17.3 Å². The van der Waals surface area contributed by atoms with Gasteiger partial charge in [0.1, 0.15) is 0 Å². The average molecular weight is 312 g/mol. The molecule has 22 heavy (non-hydrogen) atoms. The van der Waals surface area contributed by atoms with E-state index >= 15 is 0 Å². The van der Waals surface area contributed by atoms with E-state index < -0.39 is 28.0 Å². The summed E-state index contributed by atoms with van der Waals surface area (Å²) in [5, 5.41) is 20.9. The van der Waals surface area contributed by atoms with Gasteiger partial charge in [-0.15, -0.1) is 0 Å². The summed E-state index contributed by atoms with van der Waals surface area (Å²) in [5.74, 6) is -1.71. The van der Waals surface area contributed by atoms with Gasteiger partial charge in [0, 0.05) is 19.2 Å². The van der Waals surface area contributed by atoms with E-state index in [9.17, 15) is 24.4 Å². The number of ether oxygens (including phenoxy) is 1. The van der Waals surface area contributed by atoms with Crippen LogP contribution in [0.3, 0.4) is 0 Å².